The minimum Gasteiger partial charge on any atom is -0.389 e. The second-order valence-corrected chi connectivity index (χ2v) is 5.38. The molecule has 16 heavy (non-hydrogen) atoms. The lowest BCUT2D eigenvalue weighted by Gasteiger charge is -2.38. The number of nitrogens with zero attached hydrogens (tertiary/aromatic N) is 2. The number of hydrogen-bond donors (Lipinski definition) is 2. The summed E-state index contributed by atoms with van der Waals surface area (Å²) in [5, 5.41) is 13.3. The van der Waals surface area contributed by atoms with Crippen molar-refractivity contribution in [3.05, 3.63) is 0 Å². The van der Waals surface area contributed by atoms with Gasteiger partial charge >= 0.3 is 0 Å². The number of piperazine rings is 1. The van der Waals surface area contributed by atoms with Crippen LogP contribution in [0.1, 0.15) is 20.3 Å². The van der Waals surface area contributed by atoms with Crippen molar-refractivity contribution in [2.45, 2.75) is 31.9 Å². The Hall–Kier alpha value is -0.160. The van der Waals surface area contributed by atoms with Gasteiger partial charge in [-0.3, -0.25) is 4.90 Å². The zero-order chi connectivity index (χ0) is 12.2. The molecule has 0 saturated carbocycles. The molecule has 1 aliphatic rings. The van der Waals surface area contributed by atoms with Crippen molar-refractivity contribution in [2.75, 3.05) is 46.8 Å². The summed E-state index contributed by atoms with van der Waals surface area (Å²) in [5.74, 6) is 0. The van der Waals surface area contributed by atoms with Gasteiger partial charge in [-0.2, -0.15) is 0 Å². The molecule has 0 aromatic rings. The Kier molecular flexibility index (Phi) is 5.18. The molecule has 0 spiro atoms. The molecule has 0 bridgehead atoms. The van der Waals surface area contributed by atoms with Crippen LogP contribution in [0.25, 0.3) is 0 Å². The van der Waals surface area contributed by atoms with Crippen LogP contribution in [0.5, 0.6) is 0 Å². The fraction of sp³-hybridized carbons (Fsp3) is 1.00. The largest absolute Gasteiger partial charge is 0.389 e. The predicted octanol–water partition coefficient (Wildman–Crippen LogP) is -0.0172. The van der Waals surface area contributed by atoms with Crippen molar-refractivity contribution in [2.24, 2.45) is 0 Å². The van der Waals surface area contributed by atoms with Gasteiger partial charge in [0.2, 0.25) is 0 Å². The van der Waals surface area contributed by atoms with Crippen molar-refractivity contribution in [1.82, 2.24) is 15.1 Å². The van der Waals surface area contributed by atoms with Gasteiger partial charge in [-0.05, 0) is 27.4 Å². The normalized spacial score (nSPS) is 27.9. The molecule has 1 heterocycles. The SMILES string of the molecule is CCC(C)(O)CNCC1CN(C)CCN1C. The summed E-state index contributed by atoms with van der Waals surface area (Å²) in [6.07, 6.45) is 0.792. The molecule has 2 atom stereocenters. The molecule has 4 heteroatoms. The average Bonchev–Trinajstić information content (AvgIpc) is 2.23. The highest BCUT2D eigenvalue weighted by Gasteiger charge is 2.23. The lowest BCUT2D eigenvalue weighted by Crippen LogP contribution is -2.54. The van der Waals surface area contributed by atoms with E-state index in [0.717, 1.165) is 32.6 Å². The molecule has 1 aliphatic heterocycles. The molecular formula is C12H27N3O. The minimum absolute atomic E-state index is 0.561. The van der Waals surface area contributed by atoms with E-state index < -0.39 is 5.60 Å². The number of likely N-dealkylation sites (N-methyl/N-ethyl adjacent to an activating group) is 2. The molecule has 2 unspecified atom stereocenters. The van der Waals surface area contributed by atoms with Crippen LogP contribution < -0.4 is 5.32 Å². The summed E-state index contributed by atoms with van der Waals surface area (Å²) in [4.78, 5) is 4.76. The van der Waals surface area contributed by atoms with Crippen LogP contribution in [-0.4, -0.2) is 73.4 Å². The van der Waals surface area contributed by atoms with Crippen LogP contribution in [0.2, 0.25) is 0 Å². The Morgan fingerprint density at radius 3 is 2.69 bits per heavy atom. The summed E-state index contributed by atoms with van der Waals surface area (Å²) < 4.78 is 0. The first-order valence-electron chi connectivity index (χ1n) is 6.26. The molecule has 4 nitrogen and oxygen atoms in total. The van der Waals surface area contributed by atoms with Crippen LogP contribution >= 0.6 is 0 Å². The Balaban J connectivity index is 2.26. The van der Waals surface area contributed by atoms with Gasteiger partial charge in [-0.15, -0.1) is 0 Å². The molecule has 0 amide bonds. The second kappa shape index (κ2) is 5.96. The number of hydrogen-bond acceptors (Lipinski definition) is 4. The van der Waals surface area contributed by atoms with Gasteiger partial charge < -0.3 is 15.3 Å². The third-order valence-corrected chi connectivity index (χ3v) is 3.63. The Morgan fingerprint density at radius 2 is 2.06 bits per heavy atom. The van der Waals surface area contributed by atoms with Gasteiger partial charge in [0.05, 0.1) is 5.60 Å². The first-order chi connectivity index (χ1) is 7.44. The lowest BCUT2D eigenvalue weighted by molar-refractivity contribution is 0.0502. The fourth-order valence-electron chi connectivity index (χ4n) is 1.95. The Bertz CT molecular complexity index is 208. The van der Waals surface area contributed by atoms with Gasteiger partial charge in [-0.1, -0.05) is 6.92 Å². The topological polar surface area (TPSA) is 38.7 Å². The summed E-state index contributed by atoms with van der Waals surface area (Å²) in [6, 6.07) is 0.561. The summed E-state index contributed by atoms with van der Waals surface area (Å²) >= 11 is 0. The van der Waals surface area contributed by atoms with Crippen molar-refractivity contribution in [3.8, 4) is 0 Å². The average molecular weight is 229 g/mol. The van der Waals surface area contributed by atoms with E-state index in [2.05, 4.69) is 29.2 Å². The van der Waals surface area contributed by atoms with E-state index in [1.807, 2.05) is 13.8 Å². The highest BCUT2D eigenvalue weighted by molar-refractivity contribution is 4.82. The van der Waals surface area contributed by atoms with Gasteiger partial charge in [0, 0.05) is 38.8 Å². The zero-order valence-electron chi connectivity index (χ0n) is 11.2. The Morgan fingerprint density at radius 1 is 1.38 bits per heavy atom. The molecule has 1 saturated heterocycles. The van der Waals surface area contributed by atoms with E-state index in [4.69, 9.17) is 0 Å². The number of rotatable bonds is 5. The van der Waals surface area contributed by atoms with Crippen LogP contribution in [0.15, 0.2) is 0 Å². The molecule has 96 valence electrons. The fourth-order valence-corrected chi connectivity index (χ4v) is 1.95. The molecule has 2 N–H and O–H groups in total. The Labute approximate surface area is 99.6 Å². The maximum absolute atomic E-state index is 9.88. The van der Waals surface area contributed by atoms with E-state index in [1.54, 1.807) is 0 Å². The first-order valence-corrected chi connectivity index (χ1v) is 6.26. The minimum atomic E-state index is -0.570. The van der Waals surface area contributed by atoms with Crippen LogP contribution in [0.4, 0.5) is 0 Å². The highest BCUT2D eigenvalue weighted by atomic mass is 16.3. The second-order valence-electron chi connectivity index (χ2n) is 5.38. The van der Waals surface area contributed by atoms with E-state index >= 15 is 0 Å². The monoisotopic (exact) mass is 229 g/mol. The van der Waals surface area contributed by atoms with Crippen molar-refractivity contribution in [1.29, 1.82) is 0 Å². The predicted molar refractivity (Wildman–Crippen MR) is 67.7 cm³/mol. The standard InChI is InChI=1S/C12H27N3O/c1-5-12(2,16)10-13-8-11-9-14(3)6-7-15(11)4/h11,13,16H,5-10H2,1-4H3. The van der Waals surface area contributed by atoms with Crippen LogP contribution in [-0.2, 0) is 0 Å². The van der Waals surface area contributed by atoms with Gasteiger partial charge in [-0.25, -0.2) is 0 Å². The molecule has 0 radical (unpaired) electrons. The van der Waals surface area contributed by atoms with Gasteiger partial charge in [0.25, 0.3) is 0 Å². The highest BCUT2D eigenvalue weighted by Crippen LogP contribution is 2.08. The van der Waals surface area contributed by atoms with Crippen molar-refractivity contribution >= 4 is 0 Å². The van der Waals surface area contributed by atoms with Gasteiger partial charge in [0.15, 0.2) is 0 Å². The molecule has 1 fully saturated rings. The first kappa shape index (κ1) is 13.9. The van der Waals surface area contributed by atoms with E-state index in [1.165, 1.54) is 0 Å². The van der Waals surface area contributed by atoms with E-state index in [-0.39, 0.29) is 0 Å². The maximum atomic E-state index is 9.88. The zero-order valence-corrected chi connectivity index (χ0v) is 11.2. The van der Waals surface area contributed by atoms with Crippen molar-refractivity contribution in [3.63, 3.8) is 0 Å². The summed E-state index contributed by atoms with van der Waals surface area (Å²) in [5.41, 5.74) is -0.570. The molecule has 0 aliphatic carbocycles. The van der Waals surface area contributed by atoms with Crippen LogP contribution in [0, 0.1) is 0 Å². The summed E-state index contributed by atoms with van der Waals surface area (Å²) in [7, 11) is 4.35. The molecule has 0 aromatic carbocycles. The third kappa shape index (κ3) is 4.37. The maximum Gasteiger partial charge on any atom is 0.0741 e. The summed E-state index contributed by atoms with van der Waals surface area (Å²) in [6.45, 7) is 8.93. The number of nitrogens with one attached hydrogen (secondary N) is 1. The van der Waals surface area contributed by atoms with Gasteiger partial charge in [0.1, 0.15) is 0 Å². The van der Waals surface area contributed by atoms with E-state index in [9.17, 15) is 5.11 Å². The quantitative estimate of drug-likeness (QED) is 0.695. The molecular weight excluding hydrogens is 202 g/mol. The van der Waals surface area contributed by atoms with Crippen LogP contribution in [0.3, 0.4) is 0 Å². The smallest absolute Gasteiger partial charge is 0.0741 e. The lowest BCUT2D eigenvalue weighted by atomic mass is 10.0. The molecule has 0 aromatic heterocycles. The molecule has 1 rings (SSSR count). The third-order valence-electron chi connectivity index (χ3n) is 3.63. The van der Waals surface area contributed by atoms with Crippen molar-refractivity contribution < 1.29 is 5.11 Å². The number of aliphatic hydroxyl groups is 1. The van der Waals surface area contributed by atoms with E-state index in [0.29, 0.717) is 12.6 Å².